The molecule has 0 aliphatic rings. The van der Waals surface area contributed by atoms with E-state index < -0.39 is 78.6 Å². The number of thiophene rings is 1. The van der Waals surface area contributed by atoms with Crippen LogP contribution < -0.4 is 0 Å². The Bertz CT molecular complexity index is 3520. The van der Waals surface area contributed by atoms with E-state index in [1.807, 2.05) is 48.5 Å². The highest BCUT2D eigenvalue weighted by Gasteiger charge is 2.21. The van der Waals surface area contributed by atoms with E-state index in [0.717, 1.165) is 25.7 Å². The first-order valence-corrected chi connectivity index (χ1v) is 16.5. The summed E-state index contributed by atoms with van der Waals surface area (Å²) in [5.74, 6) is -0.227. The minimum absolute atomic E-state index is 0.0658. The predicted octanol–water partition coefficient (Wildman–Crippen LogP) is 12.0. The van der Waals surface area contributed by atoms with Gasteiger partial charge in [0.2, 0.25) is 0 Å². The fraction of sp³-hybridized carbons (Fsp3) is 0. The van der Waals surface area contributed by atoms with E-state index in [1.54, 1.807) is 53.8 Å². The number of nitrogens with zero attached hydrogens (tertiary/aromatic N) is 4. The molecular weight excluding hydrogens is 629 g/mol. The highest BCUT2D eigenvalue weighted by atomic mass is 32.1. The van der Waals surface area contributed by atoms with Crippen LogP contribution in [0.25, 0.3) is 93.0 Å². The third-order valence-corrected chi connectivity index (χ3v) is 9.84. The summed E-state index contributed by atoms with van der Waals surface area (Å²) in [4.78, 5) is 14.3. The van der Waals surface area contributed by atoms with Gasteiger partial charge < -0.3 is 4.57 Å². The Labute approximate surface area is 310 Å². The van der Waals surface area contributed by atoms with E-state index in [0.29, 0.717) is 11.1 Å². The maximum atomic E-state index is 9.30. The highest BCUT2D eigenvalue weighted by molar-refractivity contribution is 7.26. The van der Waals surface area contributed by atoms with Gasteiger partial charge in [-0.3, -0.25) is 0 Å². The third-order valence-electron chi connectivity index (χ3n) is 8.62. The number of rotatable bonds is 5. The van der Waals surface area contributed by atoms with Crippen LogP contribution in [0.5, 0.6) is 0 Å². The molecule has 0 saturated carbocycles. The molecule has 0 aliphatic carbocycles. The fourth-order valence-electron chi connectivity index (χ4n) is 6.40. The van der Waals surface area contributed by atoms with Gasteiger partial charge in [0.25, 0.3) is 0 Å². The van der Waals surface area contributed by atoms with Gasteiger partial charge in [-0.2, -0.15) is 0 Å². The summed E-state index contributed by atoms with van der Waals surface area (Å²) in [6, 6.07) is 20.8. The second-order valence-electron chi connectivity index (χ2n) is 11.5. The summed E-state index contributed by atoms with van der Waals surface area (Å²) in [6.45, 7) is 0. The largest absolute Gasteiger partial charge is 0.308 e. The zero-order valence-electron chi connectivity index (χ0n) is 38.9. The molecule has 3 aromatic heterocycles. The number of hydrogen-bond donors (Lipinski definition) is 0. The topological polar surface area (TPSA) is 43.6 Å². The Hall–Kier alpha value is -6.43. The SMILES string of the molecule is [2H]c1c([2H])c([2H])c(-c2nc(-c3ccccc3)nc(-c3ccc(-c4cccc5c4sc4ccccc45)cc3-n3c4c([2H])c([2H])c([2H])c([2H])c4c4c([2H])c([2H])c([2H])c([2H])c43)n2)c([2H])c1[2H]. The van der Waals surface area contributed by atoms with Crippen molar-refractivity contribution in [1.82, 2.24) is 19.5 Å². The summed E-state index contributed by atoms with van der Waals surface area (Å²) in [5.41, 5.74) is 1.81. The van der Waals surface area contributed by atoms with Gasteiger partial charge in [-0.1, -0.05) is 139 Å². The number of aromatic nitrogens is 4. The lowest BCUT2D eigenvalue weighted by molar-refractivity contribution is 1.06. The van der Waals surface area contributed by atoms with Crippen molar-refractivity contribution < 1.29 is 17.8 Å². The monoisotopic (exact) mass is 669 g/mol. The van der Waals surface area contributed by atoms with E-state index in [4.69, 9.17) is 25.0 Å². The fourth-order valence-corrected chi connectivity index (χ4v) is 7.63. The molecule has 0 fully saturated rings. The average Bonchev–Trinajstić information content (AvgIpc) is 3.87. The van der Waals surface area contributed by atoms with Gasteiger partial charge in [-0.15, -0.1) is 11.3 Å². The third kappa shape index (κ3) is 4.63. The lowest BCUT2D eigenvalue weighted by Crippen LogP contribution is -2.04. The molecule has 5 heteroatoms. The van der Waals surface area contributed by atoms with Crippen molar-refractivity contribution in [3.8, 4) is 51.0 Å². The molecule has 10 aromatic rings. The molecular formula is C45H28N4S. The van der Waals surface area contributed by atoms with Crippen LogP contribution in [0.15, 0.2) is 170 Å². The zero-order valence-corrected chi connectivity index (χ0v) is 26.7. The molecule has 4 nitrogen and oxygen atoms in total. The summed E-state index contributed by atoms with van der Waals surface area (Å²) in [6.07, 6.45) is 0. The molecule has 50 heavy (non-hydrogen) atoms. The van der Waals surface area contributed by atoms with Crippen molar-refractivity contribution in [2.75, 3.05) is 0 Å². The van der Waals surface area contributed by atoms with Gasteiger partial charge in [0.05, 0.1) is 34.5 Å². The van der Waals surface area contributed by atoms with E-state index in [9.17, 15) is 2.74 Å². The Morgan fingerprint density at radius 1 is 0.460 bits per heavy atom. The molecule has 3 heterocycles. The van der Waals surface area contributed by atoms with Crippen molar-refractivity contribution in [3.63, 3.8) is 0 Å². The molecule has 0 bridgehead atoms. The van der Waals surface area contributed by atoms with E-state index in [1.165, 1.54) is 4.57 Å². The number of para-hydroxylation sites is 2. The van der Waals surface area contributed by atoms with Crippen LogP contribution in [0.1, 0.15) is 17.8 Å². The molecule has 0 atom stereocenters. The van der Waals surface area contributed by atoms with Gasteiger partial charge in [-0.25, -0.2) is 15.0 Å². The second-order valence-corrected chi connectivity index (χ2v) is 12.5. The summed E-state index contributed by atoms with van der Waals surface area (Å²) < 4.78 is 118. The van der Waals surface area contributed by atoms with E-state index in [2.05, 4.69) is 4.98 Å². The Balaban J connectivity index is 1.39. The quantitative estimate of drug-likeness (QED) is 0.183. The molecule has 234 valence electrons. The predicted molar refractivity (Wildman–Crippen MR) is 209 cm³/mol. The lowest BCUT2D eigenvalue weighted by atomic mass is 9.99. The Morgan fingerprint density at radius 2 is 1.10 bits per heavy atom. The van der Waals surface area contributed by atoms with E-state index in [-0.39, 0.29) is 56.1 Å². The van der Waals surface area contributed by atoms with Crippen molar-refractivity contribution in [2.45, 2.75) is 0 Å². The summed E-state index contributed by atoms with van der Waals surface area (Å²) in [7, 11) is 0. The molecule has 0 unspecified atom stereocenters. The highest BCUT2D eigenvalue weighted by Crippen LogP contribution is 2.42. The Kier molecular flexibility index (Phi) is 4.27. The average molecular weight is 670 g/mol. The first-order chi connectivity index (χ1) is 30.2. The zero-order chi connectivity index (χ0) is 44.3. The standard InChI is InChI=1S/C45H28N4S/c1-3-14-29(15-4-1)43-46-44(30-16-5-2-6-17-30)48-45(47-43)37-27-26-31(32-21-13-22-36-35-20-9-12-25-41(35)50-42(32)36)28-40(37)49-38-23-10-7-18-33(38)34-19-8-11-24-39(34)49/h1-28H/i1D,3D,4D,7D,8D,10D,11D,14D,15D,18D,19D,23D,24D. The summed E-state index contributed by atoms with van der Waals surface area (Å²) in [5, 5.41) is 1.83. The number of fused-ring (bicyclic) bond motifs is 6. The molecule has 0 aliphatic heterocycles. The van der Waals surface area contributed by atoms with Crippen molar-refractivity contribution in [3.05, 3.63) is 170 Å². The van der Waals surface area contributed by atoms with Crippen LogP contribution in [-0.2, 0) is 0 Å². The van der Waals surface area contributed by atoms with Crippen LogP contribution >= 0.6 is 11.3 Å². The van der Waals surface area contributed by atoms with Crippen LogP contribution in [-0.4, -0.2) is 19.5 Å². The van der Waals surface area contributed by atoms with Crippen molar-refractivity contribution >= 4 is 53.3 Å². The summed E-state index contributed by atoms with van der Waals surface area (Å²) >= 11 is 1.59. The normalized spacial score (nSPS) is 15.2. The molecule has 0 saturated heterocycles. The second kappa shape index (κ2) is 11.6. The van der Waals surface area contributed by atoms with Crippen molar-refractivity contribution in [2.24, 2.45) is 0 Å². The molecule has 10 rings (SSSR count). The van der Waals surface area contributed by atoms with Crippen LogP contribution in [0.4, 0.5) is 0 Å². The number of benzene rings is 7. The minimum atomic E-state index is -0.599. The molecule has 0 spiro atoms. The van der Waals surface area contributed by atoms with Crippen molar-refractivity contribution in [1.29, 1.82) is 0 Å². The van der Waals surface area contributed by atoms with Crippen LogP contribution in [0, 0.1) is 0 Å². The van der Waals surface area contributed by atoms with E-state index >= 15 is 0 Å². The molecule has 0 radical (unpaired) electrons. The first-order valence-electron chi connectivity index (χ1n) is 22.1. The van der Waals surface area contributed by atoms with Gasteiger partial charge in [0, 0.05) is 47.6 Å². The van der Waals surface area contributed by atoms with Gasteiger partial charge in [0.15, 0.2) is 17.5 Å². The smallest absolute Gasteiger partial charge is 0.166 e. The van der Waals surface area contributed by atoms with Gasteiger partial charge in [0.1, 0.15) is 0 Å². The Morgan fingerprint density at radius 3 is 1.88 bits per heavy atom. The lowest BCUT2D eigenvalue weighted by Gasteiger charge is -2.16. The van der Waals surface area contributed by atoms with Gasteiger partial charge in [-0.05, 0) is 41.4 Å². The molecule has 0 amide bonds. The number of hydrogen-bond acceptors (Lipinski definition) is 4. The minimum Gasteiger partial charge on any atom is -0.308 e. The molecule has 0 N–H and O–H groups in total. The first kappa shape index (κ1) is 18.4. The maximum absolute atomic E-state index is 9.30. The van der Waals surface area contributed by atoms with Crippen LogP contribution in [0.2, 0.25) is 0 Å². The van der Waals surface area contributed by atoms with Crippen LogP contribution in [0.3, 0.4) is 0 Å². The van der Waals surface area contributed by atoms with Gasteiger partial charge >= 0.3 is 0 Å². The maximum Gasteiger partial charge on any atom is 0.166 e. The molecule has 7 aromatic carbocycles.